The number of imide groups is 1. The van der Waals surface area contributed by atoms with Crippen molar-refractivity contribution in [2.75, 3.05) is 25.3 Å². The molecule has 2 amide bonds. The summed E-state index contributed by atoms with van der Waals surface area (Å²) in [6.07, 6.45) is 0.797. The Morgan fingerprint density at radius 2 is 1.82 bits per heavy atom. The van der Waals surface area contributed by atoms with Crippen molar-refractivity contribution in [3.05, 3.63) is 35.4 Å². The Balaban J connectivity index is 1.79. The van der Waals surface area contributed by atoms with E-state index in [1.54, 1.807) is 24.3 Å². The Bertz CT molecular complexity index is 557. The van der Waals surface area contributed by atoms with Crippen molar-refractivity contribution in [1.82, 2.24) is 4.90 Å². The largest absolute Gasteiger partial charge is 0.377 e. The predicted molar refractivity (Wildman–Crippen MR) is 94.2 cm³/mol. The number of ether oxygens (including phenoxy) is 1. The molecule has 0 spiro atoms. The van der Waals surface area contributed by atoms with Crippen LogP contribution in [0.5, 0.6) is 0 Å². The van der Waals surface area contributed by atoms with Crippen LogP contribution >= 0.6 is 17.3 Å². The number of carbonyl (C=O) groups is 2. The maximum absolute atomic E-state index is 12.2. The second kappa shape index (κ2) is 8.16. The molecular formula is C15H19NO3PS2+. The number of fused-ring (bicyclic) bond motifs is 1. The number of amides is 2. The van der Waals surface area contributed by atoms with Gasteiger partial charge in [0.2, 0.25) is 5.90 Å². The van der Waals surface area contributed by atoms with Crippen LogP contribution in [0.1, 0.15) is 34.6 Å². The molecule has 0 aliphatic carbocycles. The monoisotopic (exact) mass is 356 g/mol. The first-order valence-corrected chi connectivity index (χ1v) is 11.2. The van der Waals surface area contributed by atoms with Gasteiger partial charge in [0, 0.05) is 6.61 Å². The van der Waals surface area contributed by atoms with Gasteiger partial charge in [-0.1, -0.05) is 26.0 Å². The van der Waals surface area contributed by atoms with Crippen molar-refractivity contribution in [1.29, 1.82) is 0 Å². The molecule has 0 saturated heterocycles. The van der Waals surface area contributed by atoms with E-state index in [4.69, 9.17) is 16.5 Å². The maximum atomic E-state index is 12.2. The first kappa shape index (κ1) is 17.5. The van der Waals surface area contributed by atoms with E-state index in [2.05, 4.69) is 13.8 Å². The van der Waals surface area contributed by atoms with Crippen molar-refractivity contribution < 1.29 is 14.3 Å². The van der Waals surface area contributed by atoms with Crippen LogP contribution in [0, 0.1) is 5.92 Å². The normalized spacial score (nSPS) is 14.7. The molecule has 0 N–H and O–H groups in total. The minimum atomic E-state index is -0.713. The SMILES string of the molecule is CC(C)COCC[P+](=S)SCN1C(=O)c2ccccc2C1=O. The van der Waals surface area contributed by atoms with Gasteiger partial charge >= 0.3 is 0 Å². The highest BCUT2D eigenvalue weighted by molar-refractivity contribution is 8.64. The molecule has 0 bridgehead atoms. The smallest absolute Gasteiger partial charge is 0.262 e. The average Bonchev–Trinajstić information content (AvgIpc) is 2.74. The molecule has 2 rings (SSSR count). The Labute approximate surface area is 140 Å². The first-order chi connectivity index (χ1) is 10.5. The molecule has 1 heterocycles. The van der Waals surface area contributed by atoms with Crippen molar-refractivity contribution in [2.24, 2.45) is 5.92 Å². The predicted octanol–water partition coefficient (Wildman–Crippen LogP) is 3.50. The number of hydrogen-bond donors (Lipinski definition) is 0. The van der Waals surface area contributed by atoms with E-state index in [0.29, 0.717) is 29.5 Å². The van der Waals surface area contributed by atoms with Gasteiger partial charge in [0.05, 0.1) is 17.7 Å². The fourth-order valence-electron chi connectivity index (χ4n) is 2.00. The second-order valence-electron chi connectivity index (χ2n) is 5.37. The third kappa shape index (κ3) is 4.35. The summed E-state index contributed by atoms with van der Waals surface area (Å²) in [5.74, 6) is -0.311. The van der Waals surface area contributed by atoms with Gasteiger partial charge in [-0.2, -0.15) is 0 Å². The highest BCUT2D eigenvalue weighted by atomic mass is 32.9. The molecule has 1 aromatic carbocycles. The third-order valence-electron chi connectivity index (χ3n) is 3.08. The number of rotatable bonds is 8. The highest BCUT2D eigenvalue weighted by Gasteiger charge is 2.36. The van der Waals surface area contributed by atoms with Crippen LogP contribution in [-0.4, -0.2) is 42.0 Å². The number of carbonyl (C=O) groups excluding carboxylic acids is 2. The summed E-state index contributed by atoms with van der Waals surface area (Å²) in [4.78, 5) is 25.7. The fraction of sp³-hybridized carbons (Fsp3) is 0.467. The lowest BCUT2D eigenvalue weighted by atomic mass is 10.1. The summed E-state index contributed by atoms with van der Waals surface area (Å²) in [6, 6.07) is 6.92. The highest BCUT2D eigenvalue weighted by Crippen LogP contribution is 2.39. The van der Waals surface area contributed by atoms with E-state index >= 15 is 0 Å². The van der Waals surface area contributed by atoms with Crippen LogP contribution in [0.25, 0.3) is 0 Å². The summed E-state index contributed by atoms with van der Waals surface area (Å²) in [5.41, 5.74) is 0.976. The standard InChI is InChI=1S/C15H19NO3PS2/c1-11(2)9-19-7-8-20(21)22-10-16-14(17)12-5-3-4-6-13(12)15(16)18/h3-6,11H,7-10H2,1-2H3/q+1. The molecule has 1 aromatic rings. The van der Waals surface area contributed by atoms with E-state index in [1.807, 2.05) is 0 Å². The molecule has 0 aromatic heterocycles. The molecule has 0 radical (unpaired) electrons. The van der Waals surface area contributed by atoms with Crippen molar-refractivity contribution >= 4 is 40.9 Å². The quantitative estimate of drug-likeness (QED) is 0.405. The fourth-order valence-corrected chi connectivity index (χ4v) is 4.88. The van der Waals surface area contributed by atoms with Crippen LogP contribution in [0.3, 0.4) is 0 Å². The molecule has 1 atom stereocenters. The molecular weight excluding hydrogens is 337 g/mol. The van der Waals surface area contributed by atoms with Crippen molar-refractivity contribution in [3.8, 4) is 0 Å². The zero-order valence-electron chi connectivity index (χ0n) is 12.7. The van der Waals surface area contributed by atoms with E-state index in [1.165, 1.54) is 16.3 Å². The van der Waals surface area contributed by atoms with E-state index in [0.717, 1.165) is 12.8 Å². The molecule has 7 heteroatoms. The maximum Gasteiger partial charge on any atom is 0.262 e. The Kier molecular flexibility index (Phi) is 6.50. The first-order valence-electron chi connectivity index (χ1n) is 7.11. The molecule has 1 aliphatic heterocycles. The zero-order valence-corrected chi connectivity index (χ0v) is 15.2. The number of nitrogens with zero attached hydrogens (tertiary/aromatic N) is 1. The van der Waals surface area contributed by atoms with Crippen LogP contribution in [0.4, 0.5) is 0 Å². The molecule has 4 nitrogen and oxygen atoms in total. The number of benzene rings is 1. The third-order valence-corrected chi connectivity index (χ3v) is 7.54. The summed E-state index contributed by atoms with van der Waals surface area (Å²) in [5, 5.41) is 0. The molecule has 1 aliphatic rings. The van der Waals surface area contributed by atoms with Gasteiger partial charge < -0.3 is 4.74 Å². The lowest BCUT2D eigenvalue weighted by Gasteiger charge is -2.09. The van der Waals surface area contributed by atoms with Gasteiger partial charge in [-0.25, -0.2) is 0 Å². The van der Waals surface area contributed by atoms with Gasteiger partial charge in [0.25, 0.3) is 11.8 Å². The zero-order chi connectivity index (χ0) is 16.1. The van der Waals surface area contributed by atoms with Gasteiger partial charge in [-0.15, -0.1) is 0 Å². The van der Waals surface area contributed by atoms with E-state index in [-0.39, 0.29) is 11.8 Å². The summed E-state index contributed by atoms with van der Waals surface area (Å²) < 4.78 is 5.52. The van der Waals surface area contributed by atoms with Crippen LogP contribution in [-0.2, 0) is 16.5 Å². The minimum Gasteiger partial charge on any atom is -0.377 e. The van der Waals surface area contributed by atoms with E-state index < -0.39 is 5.90 Å². The molecule has 1 unspecified atom stereocenters. The lowest BCUT2D eigenvalue weighted by Crippen LogP contribution is -2.28. The summed E-state index contributed by atoms with van der Waals surface area (Å²) in [6.45, 7) is 5.59. The van der Waals surface area contributed by atoms with Crippen molar-refractivity contribution in [2.45, 2.75) is 13.8 Å². The van der Waals surface area contributed by atoms with Gasteiger partial charge in [-0.05, 0) is 18.1 Å². The van der Waals surface area contributed by atoms with Crippen LogP contribution in [0.15, 0.2) is 24.3 Å². The Morgan fingerprint density at radius 3 is 2.36 bits per heavy atom. The summed E-state index contributed by atoms with van der Waals surface area (Å²) in [7, 11) is 0. The second-order valence-corrected chi connectivity index (χ2v) is 11.1. The lowest BCUT2D eigenvalue weighted by molar-refractivity contribution is 0.0684. The molecule has 22 heavy (non-hydrogen) atoms. The summed E-state index contributed by atoms with van der Waals surface area (Å²) >= 11 is 6.91. The molecule has 0 saturated carbocycles. The Morgan fingerprint density at radius 1 is 1.23 bits per heavy atom. The van der Waals surface area contributed by atoms with Crippen molar-refractivity contribution in [3.63, 3.8) is 0 Å². The Hall–Kier alpha value is -0.810. The number of hydrogen-bond acceptors (Lipinski definition) is 5. The topological polar surface area (TPSA) is 46.6 Å². The van der Waals surface area contributed by atoms with E-state index in [9.17, 15) is 9.59 Å². The van der Waals surface area contributed by atoms with Crippen LogP contribution < -0.4 is 0 Å². The minimum absolute atomic E-state index is 0.220. The molecule has 118 valence electrons. The van der Waals surface area contributed by atoms with Gasteiger partial charge in [0.1, 0.15) is 17.3 Å². The van der Waals surface area contributed by atoms with Gasteiger partial charge in [-0.3, -0.25) is 14.5 Å². The average molecular weight is 356 g/mol. The van der Waals surface area contributed by atoms with Gasteiger partial charge in [0.15, 0.2) is 18.0 Å². The molecule has 0 fully saturated rings. The van der Waals surface area contributed by atoms with Crippen LogP contribution in [0.2, 0.25) is 0 Å².